The number of rotatable bonds is 11. The molecule has 0 radical (unpaired) electrons. The Morgan fingerprint density at radius 3 is 2.43 bits per heavy atom. The molecule has 0 saturated heterocycles. The van der Waals surface area contributed by atoms with Gasteiger partial charge >= 0.3 is 0 Å². The minimum absolute atomic E-state index is 0.0439. The molecule has 0 spiro atoms. The van der Waals surface area contributed by atoms with Crippen molar-refractivity contribution >= 4 is 5.91 Å². The molecule has 0 fully saturated rings. The third kappa shape index (κ3) is 11.7. The van der Waals surface area contributed by atoms with Crippen molar-refractivity contribution in [2.24, 2.45) is 17.3 Å². The smallest absolute Gasteiger partial charge is 0.245 e. The van der Waals surface area contributed by atoms with E-state index >= 15 is 0 Å². The number of carbonyl (C=O) groups is 1. The summed E-state index contributed by atoms with van der Waals surface area (Å²) < 4.78 is 10.5. The number of hydrogen-bond donors (Lipinski definition) is 1. The number of carbonyl (C=O) groups excluding carboxylic acids is 1. The fourth-order valence-corrected chi connectivity index (χ4v) is 1.92. The van der Waals surface area contributed by atoms with Gasteiger partial charge in [0.2, 0.25) is 5.91 Å². The number of nitrogens with one attached hydrogen (secondary N) is 1. The Hall–Kier alpha value is -0.610. The number of ether oxygens (including phenoxy) is 2. The van der Waals surface area contributed by atoms with Gasteiger partial charge in [0.05, 0.1) is 0 Å². The molecular formula is C17H35NO3. The molecule has 0 aliphatic heterocycles. The molecule has 0 aromatic carbocycles. The van der Waals surface area contributed by atoms with E-state index in [4.69, 9.17) is 9.47 Å². The van der Waals surface area contributed by atoms with Crippen LogP contribution in [0.25, 0.3) is 0 Å². The van der Waals surface area contributed by atoms with Crippen molar-refractivity contribution < 1.29 is 14.3 Å². The average Bonchev–Trinajstić information content (AvgIpc) is 2.38. The maximum atomic E-state index is 11.2. The van der Waals surface area contributed by atoms with Crippen molar-refractivity contribution in [2.45, 2.75) is 53.9 Å². The Morgan fingerprint density at radius 1 is 1.19 bits per heavy atom. The Bertz CT molecular complexity index is 274. The molecular weight excluding hydrogens is 266 g/mol. The Labute approximate surface area is 131 Å². The second-order valence-corrected chi connectivity index (χ2v) is 7.16. The summed E-state index contributed by atoms with van der Waals surface area (Å²) in [6, 6.07) is 0. The molecule has 0 rings (SSSR count). The van der Waals surface area contributed by atoms with Gasteiger partial charge in [-0.05, 0) is 36.5 Å². The molecule has 0 heterocycles. The van der Waals surface area contributed by atoms with Gasteiger partial charge in [-0.25, -0.2) is 0 Å². The zero-order valence-electron chi connectivity index (χ0n) is 14.8. The third-order valence-electron chi connectivity index (χ3n) is 4.05. The van der Waals surface area contributed by atoms with E-state index in [1.807, 2.05) is 0 Å². The number of amides is 1. The van der Waals surface area contributed by atoms with Crippen LogP contribution in [-0.2, 0) is 14.3 Å². The van der Waals surface area contributed by atoms with Gasteiger partial charge in [0.1, 0.15) is 6.61 Å². The summed E-state index contributed by atoms with van der Waals surface area (Å²) in [5.74, 6) is 1.16. The van der Waals surface area contributed by atoms with Crippen molar-refractivity contribution in [3.05, 3.63) is 0 Å². The summed E-state index contributed by atoms with van der Waals surface area (Å²) >= 11 is 0. The lowest BCUT2D eigenvalue weighted by molar-refractivity contribution is -0.124. The van der Waals surface area contributed by atoms with Gasteiger partial charge in [-0.15, -0.1) is 0 Å². The van der Waals surface area contributed by atoms with Crippen LogP contribution in [0, 0.1) is 17.3 Å². The summed E-state index contributed by atoms with van der Waals surface area (Å²) in [6.45, 7) is 13.8. The second kappa shape index (κ2) is 11.0. The molecule has 1 amide bonds. The minimum Gasteiger partial charge on any atom is -0.381 e. The standard InChI is InChI=1S/C17H35NO3/c1-14(8-7-10-18-16(19)13-20-6)12-21-11-9-15(2)17(3,4)5/h14-15H,7-13H2,1-6H3,(H,18,19). The van der Waals surface area contributed by atoms with E-state index in [1.165, 1.54) is 7.11 Å². The Kier molecular flexibility index (Phi) is 10.7. The van der Waals surface area contributed by atoms with Gasteiger partial charge in [0.25, 0.3) is 0 Å². The summed E-state index contributed by atoms with van der Waals surface area (Å²) in [7, 11) is 1.53. The number of hydrogen-bond acceptors (Lipinski definition) is 3. The third-order valence-corrected chi connectivity index (χ3v) is 4.05. The van der Waals surface area contributed by atoms with E-state index in [1.54, 1.807) is 0 Å². The SMILES string of the molecule is COCC(=O)NCCCC(C)COCCC(C)C(C)(C)C. The first kappa shape index (κ1) is 20.4. The van der Waals surface area contributed by atoms with Crippen molar-refractivity contribution in [2.75, 3.05) is 33.5 Å². The van der Waals surface area contributed by atoms with Crippen LogP contribution in [0.4, 0.5) is 0 Å². The summed E-state index contributed by atoms with van der Waals surface area (Å²) in [5, 5.41) is 2.83. The lowest BCUT2D eigenvalue weighted by Crippen LogP contribution is -2.28. The first-order valence-corrected chi connectivity index (χ1v) is 8.10. The van der Waals surface area contributed by atoms with Crippen LogP contribution < -0.4 is 5.32 Å². The zero-order valence-corrected chi connectivity index (χ0v) is 14.8. The fourth-order valence-electron chi connectivity index (χ4n) is 1.92. The maximum Gasteiger partial charge on any atom is 0.245 e. The van der Waals surface area contributed by atoms with E-state index in [9.17, 15) is 4.79 Å². The zero-order chi connectivity index (χ0) is 16.3. The predicted octanol–water partition coefficient (Wildman–Crippen LogP) is 3.25. The summed E-state index contributed by atoms with van der Waals surface area (Å²) in [6.07, 6.45) is 3.17. The van der Waals surface area contributed by atoms with Crippen LogP contribution in [0.3, 0.4) is 0 Å². The highest BCUT2D eigenvalue weighted by molar-refractivity contribution is 5.77. The van der Waals surface area contributed by atoms with Crippen molar-refractivity contribution in [3.8, 4) is 0 Å². The van der Waals surface area contributed by atoms with E-state index in [0.717, 1.165) is 32.5 Å². The quantitative estimate of drug-likeness (QED) is 0.596. The van der Waals surface area contributed by atoms with Crippen molar-refractivity contribution in [1.82, 2.24) is 5.32 Å². The molecule has 0 aromatic rings. The lowest BCUT2D eigenvalue weighted by Gasteiger charge is -2.27. The molecule has 0 bridgehead atoms. The molecule has 4 nitrogen and oxygen atoms in total. The largest absolute Gasteiger partial charge is 0.381 e. The average molecular weight is 301 g/mol. The van der Waals surface area contributed by atoms with Crippen molar-refractivity contribution in [1.29, 1.82) is 0 Å². The van der Waals surface area contributed by atoms with Gasteiger partial charge in [-0.3, -0.25) is 4.79 Å². The van der Waals surface area contributed by atoms with E-state index in [-0.39, 0.29) is 12.5 Å². The van der Waals surface area contributed by atoms with Gasteiger partial charge in [-0.2, -0.15) is 0 Å². The molecule has 126 valence electrons. The lowest BCUT2D eigenvalue weighted by atomic mass is 9.80. The normalized spacial score (nSPS) is 14.8. The maximum absolute atomic E-state index is 11.2. The highest BCUT2D eigenvalue weighted by atomic mass is 16.5. The van der Waals surface area contributed by atoms with Crippen LogP contribution in [0.5, 0.6) is 0 Å². The Morgan fingerprint density at radius 2 is 1.86 bits per heavy atom. The van der Waals surface area contributed by atoms with Crippen LogP contribution in [0.2, 0.25) is 0 Å². The molecule has 4 heteroatoms. The van der Waals surface area contributed by atoms with Gasteiger partial charge in [0, 0.05) is 26.9 Å². The van der Waals surface area contributed by atoms with Crippen LogP contribution in [0.1, 0.15) is 53.9 Å². The first-order valence-electron chi connectivity index (χ1n) is 8.10. The van der Waals surface area contributed by atoms with Crippen molar-refractivity contribution in [3.63, 3.8) is 0 Å². The topological polar surface area (TPSA) is 47.6 Å². The van der Waals surface area contributed by atoms with Gasteiger partial charge in [-0.1, -0.05) is 34.6 Å². The molecule has 0 aliphatic rings. The second-order valence-electron chi connectivity index (χ2n) is 7.16. The molecule has 2 unspecified atom stereocenters. The fraction of sp³-hybridized carbons (Fsp3) is 0.941. The first-order chi connectivity index (χ1) is 9.77. The van der Waals surface area contributed by atoms with Crippen LogP contribution in [0.15, 0.2) is 0 Å². The molecule has 21 heavy (non-hydrogen) atoms. The molecule has 0 aromatic heterocycles. The molecule has 0 aliphatic carbocycles. The van der Waals surface area contributed by atoms with Crippen LogP contribution >= 0.6 is 0 Å². The molecule has 1 N–H and O–H groups in total. The summed E-state index contributed by atoms with van der Waals surface area (Å²) in [5.41, 5.74) is 0.357. The van der Waals surface area contributed by atoms with E-state index < -0.39 is 0 Å². The van der Waals surface area contributed by atoms with Gasteiger partial charge < -0.3 is 14.8 Å². The highest BCUT2D eigenvalue weighted by Crippen LogP contribution is 2.27. The summed E-state index contributed by atoms with van der Waals surface area (Å²) in [4.78, 5) is 11.2. The van der Waals surface area contributed by atoms with Gasteiger partial charge in [0.15, 0.2) is 0 Å². The Balaban J connectivity index is 3.51. The minimum atomic E-state index is -0.0439. The molecule has 2 atom stereocenters. The molecule has 0 saturated carbocycles. The highest BCUT2D eigenvalue weighted by Gasteiger charge is 2.19. The monoisotopic (exact) mass is 301 g/mol. The number of methoxy groups -OCH3 is 1. The van der Waals surface area contributed by atoms with E-state index in [0.29, 0.717) is 23.8 Å². The predicted molar refractivity (Wildman–Crippen MR) is 87.3 cm³/mol. The van der Waals surface area contributed by atoms with Crippen LogP contribution in [-0.4, -0.2) is 39.4 Å². The van der Waals surface area contributed by atoms with E-state index in [2.05, 4.69) is 39.9 Å².